The molecule has 1 aromatic heterocycles. The highest BCUT2D eigenvalue weighted by Gasteiger charge is 2.07. The lowest BCUT2D eigenvalue weighted by Crippen LogP contribution is -2.18. The molecular formula is C15H19NO. The van der Waals surface area contributed by atoms with Crippen molar-refractivity contribution in [2.75, 3.05) is 5.32 Å². The van der Waals surface area contributed by atoms with Gasteiger partial charge in [-0.15, -0.1) is 0 Å². The maximum absolute atomic E-state index is 5.36. The van der Waals surface area contributed by atoms with E-state index in [9.17, 15) is 0 Å². The molecule has 0 aliphatic heterocycles. The number of benzene rings is 1. The fourth-order valence-electron chi connectivity index (χ4n) is 2.02. The second-order valence-corrected chi connectivity index (χ2v) is 4.34. The van der Waals surface area contributed by atoms with Crippen molar-refractivity contribution in [2.45, 2.75) is 32.7 Å². The normalized spacial score (nSPS) is 12.4. The van der Waals surface area contributed by atoms with Crippen LogP contribution in [-0.4, -0.2) is 6.04 Å². The maximum Gasteiger partial charge on any atom is 0.105 e. The van der Waals surface area contributed by atoms with E-state index in [1.165, 1.54) is 11.3 Å². The molecule has 0 radical (unpaired) electrons. The van der Waals surface area contributed by atoms with Crippen molar-refractivity contribution >= 4 is 5.69 Å². The Bertz CT molecular complexity index is 448. The lowest BCUT2D eigenvalue weighted by atomic mass is 10.1. The van der Waals surface area contributed by atoms with Gasteiger partial charge in [0.2, 0.25) is 0 Å². The monoisotopic (exact) mass is 229 g/mol. The Balaban J connectivity index is 2.00. The minimum Gasteiger partial charge on any atom is -0.469 e. The fourth-order valence-corrected chi connectivity index (χ4v) is 2.02. The van der Waals surface area contributed by atoms with Crippen molar-refractivity contribution in [3.05, 3.63) is 54.0 Å². The number of hydrogen-bond donors (Lipinski definition) is 1. The highest BCUT2D eigenvalue weighted by molar-refractivity contribution is 5.51. The molecule has 1 heterocycles. The molecule has 2 nitrogen and oxygen atoms in total. The molecule has 0 fully saturated rings. The summed E-state index contributed by atoms with van der Waals surface area (Å²) < 4.78 is 5.36. The van der Waals surface area contributed by atoms with Crippen LogP contribution >= 0.6 is 0 Å². The third-order valence-electron chi connectivity index (χ3n) is 2.89. The molecular weight excluding hydrogens is 210 g/mol. The summed E-state index contributed by atoms with van der Waals surface area (Å²) >= 11 is 0. The minimum absolute atomic E-state index is 0.369. The standard InChI is InChI=1S/C15H19NO/c1-3-13-7-4-5-9-15(13)16-12(2)11-14-8-6-10-17-14/h4-10,12,16H,3,11H2,1-2H3. The molecule has 2 aromatic rings. The Kier molecular flexibility index (Phi) is 3.86. The van der Waals surface area contributed by atoms with E-state index in [0.717, 1.165) is 18.6 Å². The molecule has 0 aliphatic rings. The Hall–Kier alpha value is -1.70. The van der Waals surface area contributed by atoms with Crippen LogP contribution < -0.4 is 5.32 Å². The third-order valence-corrected chi connectivity index (χ3v) is 2.89. The number of anilines is 1. The van der Waals surface area contributed by atoms with Crippen LogP contribution in [-0.2, 0) is 12.8 Å². The highest BCUT2D eigenvalue weighted by Crippen LogP contribution is 2.17. The number of hydrogen-bond acceptors (Lipinski definition) is 2. The van der Waals surface area contributed by atoms with Crippen molar-refractivity contribution in [1.29, 1.82) is 0 Å². The van der Waals surface area contributed by atoms with Gasteiger partial charge in [0.15, 0.2) is 0 Å². The predicted molar refractivity (Wildman–Crippen MR) is 71.3 cm³/mol. The van der Waals surface area contributed by atoms with Crippen LogP contribution in [0.1, 0.15) is 25.2 Å². The van der Waals surface area contributed by atoms with E-state index in [4.69, 9.17) is 4.42 Å². The summed E-state index contributed by atoms with van der Waals surface area (Å²) in [6, 6.07) is 12.8. The van der Waals surface area contributed by atoms with Crippen molar-refractivity contribution in [3.8, 4) is 0 Å². The van der Waals surface area contributed by atoms with Crippen LogP contribution in [0.3, 0.4) is 0 Å². The molecule has 90 valence electrons. The Morgan fingerprint density at radius 3 is 2.71 bits per heavy atom. The number of para-hydroxylation sites is 1. The van der Waals surface area contributed by atoms with Gasteiger partial charge in [0.05, 0.1) is 6.26 Å². The van der Waals surface area contributed by atoms with Crippen LogP contribution in [0.15, 0.2) is 47.1 Å². The van der Waals surface area contributed by atoms with E-state index in [2.05, 4.69) is 43.4 Å². The number of rotatable bonds is 5. The Morgan fingerprint density at radius 2 is 2.00 bits per heavy atom. The lowest BCUT2D eigenvalue weighted by Gasteiger charge is -2.16. The lowest BCUT2D eigenvalue weighted by molar-refractivity contribution is 0.497. The van der Waals surface area contributed by atoms with Gasteiger partial charge in [0, 0.05) is 18.2 Å². The summed E-state index contributed by atoms with van der Waals surface area (Å²) in [7, 11) is 0. The Labute approximate surface area is 103 Å². The SMILES string of the molecule is CCc1ccccc1NC(C)Cc1ccco1. The van der Waals surface area contributed by atoms with Crippen LogP contribution in [0, 0.1) is 0 Å². The molecule has 2 heteroatoms. The van der Waals surface area contributed by atoms with Gasteiger partial charge in [-0.05, 0) is 37.1 Å². The molecule has 1 aromatic carbocycles. The van der Waals surface area contributed by atoms with Crippen molar-refractivity contribution in [3.63, 3.8) is 0 Å². The van der Waals surface area contributed by atoms with Gasteiger partial charge in [-0.3, -0.25) is 0 Å². The average molecular weight is 229 g/mol. The summed E-state index contributed by atoms with van der Waals surface area (Å²) in [5, 5.41) is 3.54. The first-order chi connectivity index (χ1) is 8.29. The van der Waals surface area contributed by atoms with Crippen molar-refractivity contribution < 1.29 is 4.42 Å². The summed E-state index contributed by atoms with van der Waals surface area (Å²) in [6.45, 7) is 4.35. The second kappa shape index (κ2) is 5.58. The van der Waals surface area contributed by atoms with Gasteiger partial charge in [-0.1, -0.05) is 25.1 Å². The average Bonchev–Trinajstić information content (AvgIpc) is 2.82. The summed E-state index contributed by atoms with van der Waals surface area (Å²) in [5.74, 6) is 1.03. The zero-order chi connectivity index (χ0) is 12.1. The largest absolute Gasteiger partial charge is 0.469 e. The van der Waals surface area contributed by atoms with Crippen LogP contribution in [0.4, 0.5) is 5.69 Å². The summed E-state index contributed by atoms with van der Waals surface area (Å²) in [6.07, 6.45) is 3.68. The van der Waals surface area contributed by atoms with E-state index >= 15 is 0 Å². The van der Waals surface area contributed by atoms with E-state index in [1.54, 1.807) is 6.26 Å². The topological polar surface area (TPSA) is 25.2 Å². The zero-order valence-electron chi connectivity index (χ0n) is 10.4. The molecule has 0 saturated carbocycles. The molecule has 0 aliphatic carbocycles. The summed E-state index contributed by atoms with van der Waals surface area (Å²) in [4.78, 5) is 0. The first-order valence-corrected chi connectivity index (χ1v) is 6.16. The number of aryl methyl sites for hydroxylation is 1. The van der Waals surface area contributed by atoms with E-state index in [-0.39, 0.29) is 0 Å². The van der Waals surface area contributed by atoms with Gasteiger partial charge in [0.25, 0.3) is 0 Å². The summed E-state index contributed by atoms with van der Waals surface area (Å²) in [5.41, 5.74) is 2.59. The van der Waals surface area contributed by atoms with Crippen LogP contribution in [0.25, 0.3) is 0 Å². The van der Waals surface area contributed by atoms with E-state index in [0.29, 0.717) is 6.04 Å². The van der Waals surface area contributed by atoms with Gasteiger partial charge in [-0.2, -0.15) is 0 Å². The molecule has 1 N–H and O–H groups in total. The van der Waals surface area contributed by atoms with Gasteiger partial charge < -0.3 is 9.73 Å². The molecule has 0 amide bonds. The molecule has 1 unspecified atom stereocenters. The van der Waals surface area contributed by atoms with Crippen molar-refractivity contribution in [2.24, 2.45) is 0 Å². The zero-order valence-corrected chi connectivity index (χ0v) is 10.4. The fraction of sp³-hybridized carbons (Fsp3) is 0.333. The maximum atomic E-state index is 5.36. The number of nitrogens with one attached hydrogen (secondary N) is 1. The van der Waals surface area contributed by atoms with Gasteiger partial charge in [0.1, 0.15) is 5.76 Å². The first kappa shape index (κ1) is 11.8. The third kappa shape index (κ3) is 3.13. The quantitative estimate of drug-likeness (QED) is 0.841. The van der Waals surface area contributed by atoms with Gasteiger partial charge in [-0.25, -0.2) is 0 Å². The van der Waals surface area contributed by atoms with E-state index in [1.807, 2.05) is 12.1 Å². The smallest absolute Gasteiger partial charge is 0.105 e. The van der Waals surface area contributed by atoms with E-state index < -0.39 is 0 Å². The predicted octanol–water partition coefficient (Wildman–Crippen LogP) is 3.89. The van der Waals surface area contributed by atoms with Crippen LogP contribution in [0.5, 0.6) is 0 Å². The minimum atomic E-state index is 0.369. The van der Waals surface area contributed by atoms with Crippen molar-refractivity contribution in [1.82, 2.24) is 0 Å². The molecule has 0 saturated heterocycles. The molecule has 0 spiro atoms. The molecule has 17 heavy (non-hydrogen) atoms. The first-order valence-electron chi connectivity index (χ1n) is 6.16. The number of furan rings is 1. The highest BCUT2D eigenvalue weighted by atomic mass is 16.3. The van der Waals surface area contributed by atoms with Gasteiger partial charge >= 0.3 is 0 Å². The molecule has 1 atom stereocenters. The second-order valence-electron chi connectivity index (χ2n) is 4.34. The van der Waals surface area contributed by atoms with Crippen LogP contribution in [0.2, 0.25) is 0 Å². The Morgan fingerprint density at radius 1 is 1.18 bits per heavy atom. The molecule has 0 bridgehead atoms. The molecule has 2 rings (SSSR count).